The van der Waals surface area contributed by atoms with Gasteiger partial charge in [0.25, 0.3) is 10.0 Å². The second kappa shape index (κ2) is 17.3. The quantitative estimate of drug-likeness (QED) is 0.144. The molecule has 1 aliphatic carbocycles. The lowest BCUT2D eigenvalue weighted by molar-refractivity contribution is -0.140. The molecule has 0 bridgehead atoms. The fraction of sp³-hybridized carbons (Fsp3) is 0.316. The van der Waals surface area contributed by atoms with Gasteiger partial charge in [-0.1, -0.05) is 78.9 Å². The molecule has 0 spiro atoms. The number of sulfonamides is 1. The Bertz CT molecular complexity index is 1930. The maximum Gasteiger partial charge on any atom is 0.264 e. The van der Waals surface area contributed by atoms with Gasteiger partial charge in [-0.2, -0.15) is 0 Å². The molecule has 1 fully saturated rings. The third-order valence-corrected chi connectivity index (χ3v) is 11.3. The number of carbonyl (C=O) groups excluding carboxylic acids is 2. The highest BCUT2D eigenvalue weighted by atomic mass is 35.5. The van der Waals surface area contributed by atoms with Gasteiger partial charge in [0.2, 0.25) is 11.8 Å². The lowest BCUT2D eigenvalue weighted by Crippen LogP contribution is -2.55. The molecule has 2 amide bonds. The molecule has 51 heavy (non-hydrogen) atoms. The van der Waals surface area contributed by atoms with E-state index < -0.39 is 34.3 Å². The van der Waals surface area contributed by atoms with Crippen molar-refractivity contribution in [1.29, 1.82) is 0 Å². The zero-order chi connectivity index (χ0) is 36.5. The van der Waals surface area contributed by atoms with Crippen LogP contribution in [0.5, 0.6) is 11.5 Å². The molecule has 9 nitrogen and oxygen atoms in total. The van der Waals surface area contributed by atoms with Crippen LogP contribution in [0.4, 0.5) is 10.1 Å². The monoisotopic (exact) mass is 755 g/mol. The molecule has 1 N–H and O–H groups in total. The van der Waals surface area contributed by atoms with Gasteiger partial charge in [0.1, 0.15) is 18.4 Å². The van der Waals surface area contributed by atoms with E-state index >= 15 is 0 Å². The van der Waals surface area contributed by atoms with Gasteiger partial charge in [-0.15, -0.1) is 0 Å². The summed E-state index contributed by atoms with van der Waals surface area (Å²) < 4.78 is 54.4. The largest absolute Gasteiger partial charge is 0.493 e. The molecule has 0 aliphatic heterocycles. The average Bonchev–Trinajstić information content (AvgIpc) is 3.13. The summed E-state index contributed by atoms with van der Waals surface area (Å²) in [4.78, 5) is 30.2. The Morgan fingerprint density at radius 2 is 1.57 bits per heavy atom. The van der Waals surface area contributed by atoms with Crippen molar-refractivity contribution in [3.05, 3.63) is 118 Å². The molecule has 0 unspecified atom stereocenters. The molecule has 0 saturated heterocycles. The number of hydrogen-bond acceptors (Lipinski definition) is 6. The van der Waals surface area contributed by atoms with Crippen LogP contribution in [0, 0.1) is 5.82 Å². The summed E-state index contributed by atoms with van der Waals surface area (Å²) >= 11 is 12.8. The smallest absolute Gasteiger partial charge is 0.264 e. The average molecular weight is 757 g/mol. The van der Waals surface area contributed by atoms with Crippen molar-refractivity contribution in [3.63, 3.8) is 0 Å². The van der Waals surface area contributed by atoms with Crippen LogP contribution in [0.2, 0.25) is 10.0 Å². The molecule has 1 saturated carbocycles. The highest BCUT2D eigenvalue weighted by Crippen LogP contribution is 2.33. The maximum absolute atomic E-state index is 14.8. The van der Waals surface area contributed by atoms with Crippen molar-refractivity contribution in [2.45, 2.75) is 62.0 Å². The molecular formula is C38H40Cl2FN3O6S. The second-order valence-corrected chi connectivity index (χ2v) is 15.0. The number of amides is 2. The number of nitrogens with one attached hydrogen (secondary N) is 1. The zero-order valence-corrected chi connectivity index (χ0v) is 30.7. The van der Waals surface area contributed by atoms with E-state index in [4.69, 9.17) is 32.7 Å². The first-order valence-electron chi connectivity index (χ1n) is 16.6. The highest BCUT2D eigenvalue weighted by Gasteiger charge is 2.36. The topological polar surface area (TPSA) is 105 Å². The summed E-state index contributed by atoms with van der Waals surface area (Å²) in [7, 11) is -1.68. The summed E-state index contributed by atoms with van der Waals surface area (Å²) in [5.41, 5.74) is 1.35. The lowest BCUT2D eigenvalue weighted by atomic mass is 9.94. The predicted octanol–water partition coefficient (Wildman–Crippen LogP) is 7.43. The van der Waals surface area contributed by atoms with E-state index in [1.165, 1.54) is 49.5 Å². The molecule has 1 aliphatic rings. The van der Waals surface area contributed by atoms with Gasteiger partial charge < -0.3 is 19.7 Å². The highest BCUT2D eigenvalue weighted by molar-refractivity contribution is 7.92. The van der Waals surface area contributed by atoms with E-state index in [0.29, 0.717) is 16.3 Å². The molecule has 4 aromatic rings. The molecule has 0 heterocycles. The molecule has 13 heteroatoms. The van der Waals surface area contributed by atoms with Gasteiger partial charge in [-0.3, -0.25) is 13.9 Å². The fourth-order valence-electron chi connectivity index (χ4n) is 6.17. The molecule has 0 aromatic heterocycles. The number of halogens is 3. The Hall–Kier alpha value is -4.32. The van der Waals surface area contributed by atoms with E-state index in [1.807, 2.05) is 30.3 Å². The Morgan fingerprint density at radius 3 is 2.22 bits per heavy atom. The van der Waals surface area contributed by atoms with Crippen molar-refractivity contribution < 1.29 is 31.9 Å². The number of methoxy groups -OCH3 is 2. The summed E-state index contributed by atoms with van der Waals surface area (Å²) in [6, 6.07) is 21.9. The number of ether oxygens (including phenoxy) is 2. The molecule has 0 radical (unpaired) electrons. The number of rotatable bonds is 14. The van der Waals surface area contributed by atoms with E-state index in [0.717, 1.165) is 54.1 Å². The second-order valence-electron chi connectivity index (χ2n) is 12.3. The van der Waals surface area contributed by atoms with Crippen LogP contribution < -0.4 is 19.1 Å². The van der Waals surface area contributed by atoms with Gasteiger partial charge in [-0.25, -0.2) is 12.8 Å². The van der Waals surface area contributed by atoms with Crippen LogP contribution in [-0.4, -0.2) is 58.0 Å². The Morgan fingerprint density at radius 1 is 0.882 bits per heavy atom. The summed E-state index contributed by atoms with van der Waals surface area (Å²) in [5, 5.41) is 3.84. The molecular weight excluding hydrogens is 716 g/mol. The van der Waals surface area contributed by atoms with Crippen LogP contribution in [0.15, 0.2) is 95.9 Å². The van der Waals surface area contributed by atoms with E-state index in [9.17, 15) is 22.4 Å². The van der Waals surface area contributed by atoms with Gasteiger partial charge in [-0.05, 0) is 72.5 Å². The minimum absolute atomic E-state index is 0.0373. The minimum Gasteiger partial charge on any atom is -0.493 e. The molecule has 5 rings (SSSR count). The number of benzene rings is 4. The first-order chi connectivity index (χ1) is 24.5. The lowest BCUT2D eigenvalue weighted by Gasteiger charge is -2.35. The maximum atomic E-state index is 14.8. The summed E-state index contributed by atoms with van der Waals surface area (Å²) in [6.45, 7) is -0.854. The van der Waals surface area contributed by atoms with Crippen LogP contribution >= 0.6 is 23.2 Å². The van der Waals surface area contributed by atoms with Crippen LogP contribution in [0.3, 0.4) is 0 Å². The number of anilines is 1. The molecule has 1 atom stereocenters. The number of carbonyl (C=O) groups is 2. The van der Waals surface area contributed by atoms with Crippen molar-refractivity contribution in [1.82, 2.24) is 10.2 Å². The van der Waals surface area contributed by atoms with E-state index in [-0.39, 0.29) is 46.3 Å². The van der Waals surface area contributed by atoms with Crippen molar-refractivity contribution in [2.75, 3.05) is 25.1 Å². The van der Waals surface area contributed by atoms with Crippen LogP contribution in [0.1, 0.15) is 43.2 Å². The normalized spacial score (nSPS) is 14.0. The van der Waals surface area contributed by atoms with Gasteiger partial charge in [0.05, 0.1) is 24.8 Å². The Kier molecular flexibility index (Phi) is 12.8. The predicted molar refractivity (Wildman–Crippen MR) is 196 cm³/mol. The fourth-order valence-corrected chi connectivity index (χ4v) is 8.07. The Balaban J connectivity index is 1.59. The molecule has 4 aromatic carbocycles. The van der Waals surface area contributed by atoms with Crippen molar-refractivity contribution in [3.8, 4) is 11.5 Å². The molecule has 270 valence electrons. The summed E-state index contributed by atoms with van der Waals surface area (Å²) in [5.74, 6) is -1.17. The van der Waals surface area contributed by atoms with Crippen LogP contribution in [-0.2, 0) is 32.6 Å². The first kappa shape index (κ1) is 37.9. The first-order valence-corrected chi connectivity index (χ1v) is 18.8. The van der Waals surface area contributed by atoms with Gasteiger partial charge >= 0.3 is 0 Å². The van der Waals surface area contributed by atoms with Crippen LogP contribution in [0.25, 0.3) is 0 Å². The SMILES string of the molecule is COc1ccc(S(=O)(=O)N(CC(=O)N(Cc2ccc(Cl)cc2Cl)[C@H](Cc2ccccc2)C(=O)NC2CCCCC2)c2ccc(F)cc2)cc1OC. The number of nitrogens with zero attached hydrogens (tertiary/aromatic N) is 2. The standard InChI is InChI=1S/C38H40Cl2FN3O6S/c1-49-35-20-19-32(23-36(35)50-2)51(47,48)44(31-17-15-29(41)16-18-31)25-37(45)43(24-27-13-14-28(39)22-33(27)40)34(21-26-9-5-3-6-10-26)38(46)42-30-11-7-4-8-12-30/h3,5-6,9-10,13-20,22-23,30,34H,4,7-8,11-12,21,24-25H2,1-2H3,(H,42,46)/t34-/m1/s1. The zero-order valence-electron chi connectivity index (χ0n) is 28.4. The Labute approximate surface area is 308 Å². The van der Waals surface area contributed by atoms with E-state index in [1.54, 1.807) is 18.2 Å². The van der Waals surface area contributed by atoms with Gasteiger partial charge in [0.15, 0.2) is 11.5 Å². The van der Waals surface area contributed by atoms with Gasteiger partial charge in [0, 0.05) is 35.1 Å². The van der Waals surface area contributed by atoms with Crippen molar-refractivity contribution in [2.24, 2.45) is 0 Å². The number of hydrogen-bond donors (Lipinski definition) is 1. The minimum atomic E-state index is -4.48. The third-order valence-electron chi connectivity index (χ3n) is 8.91. The summed E-state index contributed by atoms with van der Waals surface area (Å²) in [6.07, 6.45) is 4.85. The van der Waals surface area contributed by atoms with Crippen molar-refractivity contribution >= 4 is 50.7 Å². The van der Waals surface area contributed by atoms with E-state index in [2.05, 4.69) is 5.32 Å². The third kappa shape index (κ3) is 9.52.